The van der Waals surface area contributed by atoms with Gasteiger partial charge in [0.05, 0.1) is 12.7 Å². The number of aromatic nitrogens is 3. The minimum atomic E-state index is -0.945. The minimum Gasteiger partial charge on any atom is -0.449 e. The molecule has 1 amide bonds. The smallest absolute Gasteiger partial charge is 0.331 e. The molecular weight excluding hydrogens is 399 g/mol. The van der Waals surface area contributed by atoms with Crippen molar-refractivity contribution in [1.82, 2.24) is 20.3 Å². The molecule has 0 aliphatic carbocycles. The van der Waals surface area contributed by atoms with Crippen LogP contribution in [0, 0.1) is 5.82 Å². The number of rotatable bonds is 9. The Balaban J connectivity index is 1.41. The molecule has 1 atom stereocenters. The number of carbonyl (C=O) groups is 2. The molecule has 0 aliphatic rings. The van der Waals surface area contributed by atoms with Crippen LogP contribution in [0.2, 0.25) is 0 Å². The van der Waals surface area contributed by atoms with Crippen LogP contribution in [0.15, 0.2) is 66.9 Å². The van der Waals surface area contributed by atoms with Crippen LogP contribution in [0.5, 0.6) is 0 Å². The van der Waals surface area contributed by atoms with E-state index in [1.165, 1.54) is 31.2 Å². The highest BCUT2D eigenvalue weighted by molar-refractivity contribution is 5.90. The Labute approximate surface area is 179 Å². The molecular formula is C23H23FN4O3. The molecule has 0 spiro atoms. The topological polar surface area (TPSA) is 86.1 Å². The standard InChI is InChI=1S/C23H23FN4O3/c1-17(23(30)25-14-13-18-7-9-20(24)10-8-18)31-22(29)12-11-21-16-28(27-26-21)15-19-5-3-2-4-6-19/h2-12,16-17H,13-15H2,1H3,(H,25,30)/b12-11+/t17-/m0/s1. The van der Waals surface area contributed by atoms with Crippen LogP contribution in [0.4, 0.5) is 4.39 Å². The van der Waals surface area contributed by atoms with Gasteiger partial charge in [-0.15, -0.1) is 5.10 Å². The number of halogens is 1. The fourth-order valence-electron chi connectivity index (χ4n) is 2.78. The normalized spacial score (nSPS) is 11.9. The summed E-state index contributed by atoms with van der Waals surface area (Å²) in [6, 6.07) is 15.9. The minimum absolute atomic E-state index is 0.305. The van der Waals surface area contributed by atoms with E-state index in [1.807, 2.05) is 30.3 Å². The predicted molar refractivity (Wildman–Crippen MR) is 113 cm³/mol. The fourth-order valence-corrected chi connectivity index (χ4v) is 2.78. The molecule has 7 nitrogen and oxygen atoms in total. The number of esters is 1. The second kappa shape index (κ2) is 10.8. The molecule has 1 heterocycles. The van der Waals surface area contributed by atoms with Crippen molar-refractivity contribution in [3.8, 4) is 0 Å². The van der Waals surface area contributed by atoms with Gasteiger partial charge in [0.15, 0.2) is 6.10 Å². The van der Waals surface area contributed by atoms with E-state index in [2.05, 4.69) is 15.6 Å². The van der Waals surface area contributed by atoms with Crippen LogP contribution < -0.4 is 5.32 Å². The molecule has 0 aliphatic heterocycles. The highest BCUT2D eigenvalue weighted by Gasteiger charge is 2.16. The van der Waals surface area contributed by atoms with Gasteiger partial charge < -0.3 is 10.1 Å². The lowest BCUT2D eigenvalue weighted by atomic mass is 10.1. The second-order valence-electron chi connectivity index (χ2n) is 6.91. The van der Waals surface area contributed by atoms with Crippen LogP contribution >= 0.6 is 0 Å². The summed E-state index contributed by atoms with van der Waals surface area (Å²) in [5, 5.41) is 10.7. The van der Waals surface area contributed by atoms with Gasteiger partial charge in [0.2, 0.25) is 0 Å². The zero-order valence-electron chi connectivity index (χ0n) is 17.1. The van der Waals surface area contributed by atoms with E-state index < -0.39 is 18.0 Å². The predicted octanol–water partition coefficient (Wildman–Crippen LogP) is 2.77. The molecule has 3 aromatic rings. The van der Waals surface area contributed by atoms with Gasteiger partial charge in [0.25, 0.3) is 5.91 Å². The van der Waals surface area contributed by atoms with Crippen molar-refractivity contribution in [2.75, 3.05) is 6.54 Å². The van der Waals surface area contributed by atoms with Crippen LogP contribution in [-0.4, -0.2) is 39.5 Å². The number of nitrogens with one attached hydrogen (secondary N) is 1. The molecule has 0 radical (unpaired) electrons. The lowest BCUT2D eigenvalue weighted by Gasteiger charge is -2.12. The summed E-state index contributed by atoms with van der Waals surface area (Å²) < 4.78 is 19.7. The van der Waals surface area contributed by atoms with Crippen molar-refractivity contribution in [1.29, 1.82) is 0 Å². The van der Waals surface area contributed by atoms with E-state index in [4.69, 9.17) is 4.74 Å². The van der Waals surface area contributed by atoms with Crippen molar-refractivity contribution in [3.05, 3.63) is 89.5 Å². The number of nitrogens with zero attached hydrogens (tertiary/aromatic N) is 3. The molecule has 31 heavy (non-hydrogen) atoms. The molecule has 2 aromatic carbocycles. The van der Waals surface area contributed by atoms with E-state index in [0.29, 0.717) is 25.2 Å². The maximum absolute atomic E-state index is 12.9. The van der Waals surface area contributed by atoms with Crippen molar-refractivity contribution in [3.63, 3.8) is 0 Å². The van der Waals surface area contributed by atoms with E-state index in [1.54, 1.807) is 23.0 Å². The Kier molecular flexibility index (Phi) is 7.64. The summed E-state index contributed by atoms with van der Waals surface area (Å²) in [4.78, 5) is 24.1. The number of carbonyl (C=O) groups excluding carboxylic acids is 2. The maximum atomic E-state index is 12.9. The molecule has 0 fully saturated rings. The van der Waals surface area contributed by atoms with Crippen LogP contribution in [0.3, 0.4) is 0 Å². The average molecular weight is 422 g/mol. The van der Waals surface area contributed by atoms with Crippen molar-refractivity contribution in [2.45, 2.75) is 26.0 Å². The second-order valence-corrected chi connectivity index (χ2v) is 6.91. The molecule has 8 heteroatoms. The van der Waals surface area contributed by atoms with Crippen molar-refractivity contribution >= 4 is 18.0 Å². The zero-order valence-corrected chi connectivity index (χ0v) is 17.1. The summed E-state index contributed by atoms with van der Waals surface area (Å²) >= 11 is 0. The lowest BCUT2D eigenvalue weighted by Crippen LogP contribution is -2.36. The first-order valence-electron chi connectivity index (χ1n) is 9.84. The van der Waals surface area contributed by atoms with Crippen LogP contribution in [0.25, 0.3) is 6.08 Å². The molecule has 1 N–H and O–H groups in total. The highest BCUT2D eigenvalue weighted by atomic mass is 19.1. The SMILES string of the molecule is C[C@H](OC(=O)/C=C/c1cn(Cc2ccccc2)nn1)C(=O)NCCc1ccc(F)cc1. The van der Waals surface area contributed by atoms with Crippen LogP contribution in [0.1, 0.15) is 23.7 Å². The van der Waals surface area contributed by atoms with Gasteiger partial charge in [-0.3, -0.25) is 4.79 Å². The Hall–Kier alpha value is -3.81. The van der Waals surface area contributed by atoms with E-state index >= 15 is 0 Å². The largest absolute Gasteiger partial charge is 0.449 e. The monoisotopic (exact) mass is 422 g/mol. The number of hydrogen-bond acceptors (Lipinski definition) is 5. The molecule has 0 saturated carbocycles. The van der Waals surface area contributed by atoms with Gasteiger partial charge in [-0.1, -0.05) is 47.7 Å². The van der Waals surface area contributed by atoms with E-state index in [9.17, 15) is 14.0 Å². The third kappa shape index (κ3) is 7.18. The molecule has 3 rings (SSSR count). The fraction of sp³-hybridized carbons (Fsp3) is 0.217. The van der Waals surface area contributed by atoms with Gasteiger partial charge >= 0.3 is 5.97 Å². The Morgan fingerprint density at radius 2 is 1.87 bits per heavy atom. The molecule has 160 valence electrons. The first-order valence-corrected chi connectivity index (χ1v) is 9.84. The molecule has 0 saturated heterocycles. The van der Waals surface area contributed by atoms with Gasteiger partial charge in [-0.25, -0.2) is 13.9 Å². The molecule has 1 aromatic heterocycles. The first-order chi connectivity index (χ1) is 15.0. The van der Waals surface area contributed by atoms with Gasteiger partial charge in [0.1, 0.15) is 11.5 Å². The number of hydrogen-bond donors (Lipinski definition) is 1. The van der Waals surface area contributed by atoms with Gasteiger partial charge in [0, 0.05) is 12.6 Å². The van der Waals surface area contributed by atoms with Crippen molar-refractivity contribution in [2.24, 2.45) is 0 Å². The zero-order chi connectivity index (χ0) is 22.1. The van der Waals surface area contributed by atoms with Crippen LogP contribution in [-0.2, 0) is 27.3 Å². The Morgan fingerprint density at radius 1 is 1.13 bits per heavy atom. The van der Waals surface area contributed by atoms with E-state index in [0.717, 1.165) is 11.1 Å². The van der Waals surface area contributed by atoms with Crippen molar-refractivity contribution < 1.29 is 18.7 Å². The quantitative estimate of drug-likeness (QED) is 0.423. The number of benzene rings is 2. The highest BCUT2D eigenvalue weighted by Crippen LogP contribution is 2.05. The summed E-state index contributed by atoms with van der Waals surface area (Å²) in [5.74, 6) is -1.36. The summed E-state index contributed by atoms with van der Waals surface area (Å²) in [6.07, 6.45) is 4.00. The number of amides is 1. The lowest BCUT2D eigenvalue weighted by molar-refractivity contribution is -0.150. The maximum Gasteiger partial charge on any atom is 0.331 e. The van der Waals surface area contributed by atoms with E-state index in [-0.39, 0.29) is 5.82 Å². The summed E-state index contributed by atoms with van der Waals surface area (Å²) in [6.45, 7) is 2.42. The average Bonchev–Trinajstić information content (AvgIpc) is 3.21. The summed E-state index contributed by atoms with van der Waals surface area (Å²) in [7, 11) is 0. The van der Waals surface area contributed by atoms with Gasteiger partial charge in [-0.05, 0) is 42.7 Å². The van der Waals surface area contributed by atoms with Gasteiger partial charge in [-0.2, -0.15) is 0 Å². The Morgan fingerprint density at radius 3 is 2.61 bits per heavy atom. The first kappa shape index (κ1) is 21.9. The molecule has 0 bridgehead atoms. The number of ether oxygens (including phenoxy) is 1. The third-order valence-electron chi connectivity index (χ3n) is 4.42. The third-order valence-corrected chi connectivity index (χ3v) is 4.42. The summed E-state index contributed by atoms with van der Waals surface area (Å²) in [5.41, 5.74) is 2.49. The molecule has 0 unspecified atom stereocenters. The Bertz CT molecular complexity index is 1030.